The van der Waals surface area contributed by atoms with Gasteiger partial charge in [-0.05, 0) is 32.8 Å². The number of amides is 1. The number of esters is 1. The Balaban J connectivity index is 2.10. The molecule has 112 valence electrons. The molecule has 1 aliphatic carbocycles. The lowest BCUT2D eigenvalue weighted by atomic mass is 9.80. The molecule has 0 unspecified atom stereocenters. The highest BCUT2D eigenvalue weighted by Gasteiger charge is 2.79. The Labute approximate surface area is 125 Å². The van der Waals surface area contributed by atoms with E-state index in [1.807, 2.05) is 45.0 Å². The van der Waals surface area contributed by atoms with Gasteiger partial charge >= 0.3 is 5.97 Å². The van der Waals surface area contributed by atoms with Gasteiger partial charge in [0.1, 0.15) is 5.75 Å². The van der Waals surface area contributed by atoms with Gasteiger partial charge in [-0.25, -0.2) is 0 Å². The van der Waals surface area contributed by atoms with Gasteiger partial charge in [0.05, 0.1) is 0 Å². The Morgan fingerprint density at radius 1 is 1.24 bits per heavy atom. The summed E-state index contributed by atoms with van der Waals surface area (Å²) >= 11 is 0. The fourth-order valence-electron chi connectivity index (χ4n) is 3.90. The predicted molar refractivity (Wildman–Crippen MR) is 79.0 cm³/mol. The molecule has 0 N–H and O–H groups in total. The van der Waals surface area contributed by atoms with Gasteiger partial charge in [0.2, 0.25) is 5.91 Å². The molecule has 21 heavy (non-hydrogen) atoms. The summed E-state index contributed by atoms with van der Waals surface area (Å²) in [7, 11) is 0. The van der Waals surface area contributed by atoms with Gasteiger partial charge in [0.25, 0.3) is 0 Å². The van der Waals surface area contributed by atoms with E-state index in [0.717, 1.165) is 12.0 Å². The molecule has 2 atom stereocenters. The van der Waals surface area contributed by atoms with Crippen molar-refractivity contribution in [1.29, 1.82) is 0 Å². The zero-order chi connectivity index (χ0) is 15.3. The second kappa shape index (κ2) is 4.58. The van der Waals surface area contributed by atoms with Gasteiger partial charge < -0.3 is 9.64 Å². The highest BCUT2D eigenvalue weighted by atomic mass is 16.5. The van der Waals surface area contributed by atoms with Crippen molar-refractivity contribution in [1.82, 2.24) is 4.90 Å². The quantitative estimate of drug-likeness (QED) is 0.485. The number of hydrogen-bond donors (Lipinski definition) is 0. The Hall–Kier alpha value is -1.84. The lowest BCUT2D eigenvalue weighted by Gasteiger charge is -2.32. The van der Waals surface area contributed by atoms with Crippen molar-refractivity contribution in [3.63, 3.8) is 0 Å². The molecule has 0 aromatic heterocycles. The molecule has 1 aromatic rings. The second-order valence-electron chi connectivity index (χ2n) is 5.88. The zero-order valence-corrected chi connectivity index (χ0v) is 12.8. The molecule has 0 bridgehead atoms. The second-order valence-corrected chi connectivity index (χ2v) is 5.88. The van der Waals surface area contributed by atoms with Crippen molar-refractivity contribution < 1.29 is 14.3 Å². The van der Waals surface area contributed by atoms with Crippen LogP contribution in [0.2, 0.25) is 0 Å². The van der Waals surface area contributed by atoms with Crippen molar-refractivity contribution in [3.05, 3.63) is 29.8 Å². The molecule has 1 aliphatic heterocycles. The maximum Gasteiger partial charge on any atom is 0.328 e. The van der Waals surface area contributed by atoms with Crippen molar-refractivity contribution in [2.24, 2.45) is 5.41 Å². The summed E-state index contributed by atoms with van der Waals surface area (Å²) in [5.41, 5.74) is -0.367. The first-order chi connectivity index (χ1) is 10.1. The molecular weight excluding hydrogens is 266 g/mol. The van der Waals surface area contributed by atoms with Crippen LogP contribution in [-0.2, 0) is 15.0 Å². The molecule has 1 fully saturated rings. The Kier molecular flexibility index (Phi) is 3.08. The molecule has 0 radical (unpaired) electrons. The summed E-state index contributed by atoms with van der Waals surface area (Å²) in [5.74, 6) is 0.165. The summed E-state index contributed by atoms with van der Waals surface area (Å²) in [5, 5.41) is 0. The van der Waals surface area contributed by atoms with Gasteiger partial charge in [-0.1, -0.05) is 25.1 Å². The average molecular weight is 287 g/mol. The summed E-state index contributed by atoms with van der Waals surface area (Å²) in [6, 6.07) is 7.61. The first-order valence-corrected chi connectivity index (χ1v) is 7.68. The third kappa shape index (κ3) is 1.56. The zero-order valence-electron chi connectivity index (χ0n) is 12.8. The minimum absolute atomic E-state index is 0.0751. The highest BCUT2D eigenvalue weighted by Crippen LogP contribution is 2.71. The van der Waals surface area contributed by atoms with Crippen LogP contribution in [0.1, 0.15) is 39.2 Å². The van der Waals surface area contributed by atoms with Gasteiger partial charge in [-0.3, -0.25) is 9.59 Å². The van der Waals surface area contributed by atoms with Crippen LogP contribution in [0.25, 0.3) is 0 Å². The Bertz CT molecular complexity index is 608. The number of rotatable bonds is 4. The van der Waals surface area contributed by atoms with E-state index in [2.05, 4.69) is 0 Å². The number of benzene rings is 1. The summed E-state index contributed by atoms with van der Waals surface area (Å²) in [6.07, 6.45) is 1.34. The number of para-hydroxylation sites is 1. The maximum absolute atomic E-state index is 12.9. The lowest BCUT2D eigenvalue weighted by Crippen LogP contribution is -2.48. The van der Waals surface area contributed by atoms with E-state index < -0.39 is 5.41 Å². The molecule has 0 saturated heterocycles. The molecular formula is C17H21NO3. The average Bonchev–Trinajstić information content (AvgIpc) is 3.21. The van der Waals surface area contributed by atoms with Crippen molar-refractivity contribution in [3.8, 4) is 5.75 Å². The Morgan fingerprint density at radius 3 is 2.52 bits per heavy atom. The fourth-order valence-corrected chi connectivity index (χ4v) is 3.90. The number of carbonyl (C=O) groups is 2. The number of ether oxygens (including phenoxy) is 1. The monoisotopic (exact) mass is 287 g/mol. The van der Waals surface area contributed by atoms with Crippen molar-refractivity contribution >= 4 is 11.9 Å². The Morgan fingerprint density at radius 2 is 1.90 bits per heavy atom. The van der Waals surface area contributed by atoms with Crippen molar-refractivity contribution in [2.45, 2.75) is 39.0 Å². The van der Waals surface area contributed by atoms with Crippen LogP contribution in [0, 0.1) is 5.41 Å². The van der Waals surface area contributed by atoms with Crippen LogP contribution in [0.15, 0.2) is 24.3 Å². The first-order valence-electron chi connectivity index (χ1n) is 7.68. The molecule has 1 heterocycles. The molecule has 3 rings (SSSR count). The maximum atomic E-state index is 12.9. The number of hydrogen-bond acceptors (Lipinski definition) is 3. The van der Waals surface area contributed by atoms with Gasteiger partial charge in [0, 0.05) is 24.1 Å². The molecule has 4 heteroatoms. The largest absolute Gasteiger partial charge is 0.425 e. The first kappa shape index (κ1) is 14.1. The predicted octanol–water partition coefficient (Wildman–Crippen LogP) is 2.51. The minimum Gasteiger partial charge on any atom is -0.425 e. The molecule has 1 aromatic carbocycles. The van der Waals surface area contributed by atoms with Gasteiger partial charge in [-0.15, -0.1) is 0 Å². The summed E-state index contributed by atoms with van der Waals surface area (Å²) in [4.78, 5) is 27.3. The van der Waals surface area contributed by atoms with E-state index in [-0.39, 0.29) is 17.3 Å². The normalized spacial score (nSPS) is 29.2. The van der Waals surface area contributed by atoms with Crippen LogP contribution in [0.4, 0.5) is 0 Å². The van der Waals surface area contributed by atoms with E-state index in [9.17, 15) is 9.59 Å². The van der Waals surface area contributed by atoms with E-state index in [1.165, 1.54) is 0 Å². The standard InChI is InChI=1S/C17H21NO3/c1-4-16-11-17(16,14(19)18(5-2)6-3)15(20)21-13-10-8-7-9-12(13)16/h7-10H,4-6,11H2,1-3H3/t16-,17-/m0/s1. The van der Waals surface area contributed by atoms with E-state index in [1.54, 1.807) is 4.90 Å². The number of fused-ring (bicyclic) bond motifs is 3. The molecule has 0 spiro atoms. The van der Waals surface area contributed by atoms with Crippen LogP contribution in [-0.4, -0.2) is 29.9 Å². The smallest absolute Gasteiger partial charge is 0.328 e. The SMILES string of the molecule is CCN(CC)C(=O)[C@]12C[C@@]1(CC)c1ccccc1OC2=O. The molecule has 1 amide bonds. The van der Waals surface area contributed by atoms with E-state index in [0.29, 0.717) is 25.3 Å². The molecule has 2 aliphatic rings. The highest BCUT2D eigenvalue weighted by molar-refractivity contribution is 6.11. The van der Waals surface area contributed by atoms with Gasteiger partial charge in [-0.2, -0.15) is 0 Å². The fraction of sp³-hybridized carbons (Fsp3) is 0.529. The number of nitrogens with zero attached hydrogens (tertiary/aromatic N) is 1. The summed E-state index contributed by atoms with van der Waals surface area (Å²) in [6.45, 7) is 7.16. The van der Waals surface area contributed by atoms with Crippen LogP contribution < -0.4 is 4.74 Å². The summed E-state index contributed by atoms with van der Waals surface area (Å²) < 4.78 is 5.49. The van der Waals surface area contributed by atoms with Crippen LogP contribution >= 0.6 is 0 Å². The van der Waals surface area contributed by atoms with Gasteiger partial charge in [0.15, 0.2) is 5.41 Å². The molecule has 1 saturated carbocycles. The van der Waals surface area contributed by atoms with E-state index >= 15 is 0 Å². The minimum atomic E-state index is -0.998. The third-order valence-electron chi connectivity index (χ3n) is 5.23. The topological polar surface area (TPSA) is 46.6 Å². The number of carbonyl (C=O) groups excluding carboxylic acids is 2. The lowest BCUT2D eigenvalue weighted by molar-refractivity contribution is -0.154. The van der Waals surface area contributed by atoms with Crippen LogP contribution in [0.3, 0.4) is 0 Å². The molecule has 4 nitrogen and oxygen atoms in total. The van der Waals surface area contributed by atoms with E-state index in [4.69, 9.17) is 4.74 Å². The third-order valence-corrected chi connectivity index (χ3v) is 5.23. The van der Waals surface area contributed by atoms with Crippen molar-refractivity contribution in [2.75, 3.05) is 13.1 Å². The van der Waals surface area contributed by atoms with Crippen LogP contribution in [0.5, 0.6) is 5.75 Å².